The molecule has 6 nitrogen and oxygen atoms in total. The molecule has 4 rings (SSSR count). The SMILES string of the molecule is Cc1ccc(Nc2ncc(C(=O)Nc3ccc(N4CCCCC4)cc3)cn2)cc1. The van der Waals surface area contributed by atoms with E-state index in [0.29, 0.717) is 11.5 Å². The number of amides is 1. The highest BCUT2D eigenvalue weighted by molar-refractivity contribution is 6.04. The maximum absolute atomic E-state index is 12.5. The van der Waals surface area contributed by atoms with Crippen LogP contribution in [0.3, 0.4) is 0 Å². The number of hydrogen-bond acceptors (Lipinski definition) is 5. The summed E-state index contributed by atoms with van der Waals surface area (Å²) >= 11 is 0. The van der Waals surface area contributed by atoms with Crippen LogP contribution in [-0.2, 0) is 0 Å². The first kappa shape index (κ1) is 18.9. The molecule has 0 saturated carbocycles. The first-order valence-electron chi connectivity index (χ1n) is 9.99. The van der Waals surface area contributed by atoms with E-state index in [9.17, 15) is 4.79 Å². The molecule has 3 aromatic rings. The molecular formula is C23H25N5O. The molecule has 1 aliphatic rings. The third-order valence-corrected chi connectivity index (χ3v) is 5.07. The molecule has 1 aliphatic heterocycles. The van der Waals surface area contributed by atoms with Crippen molar-refractivity contribution in [2.75, 3.05) is 28.6 Å². The summed E-state index contributed by atoms with van der Waals surface area (Å²) in [5, 5.41) is 6.03. The van der Waals surface area contributed by atoms with Crippen molar-refractivity contribution in [1.82, 2.24) is 9.97 Å². The van der Waals surface area contributed by atoms with Crippen LogP contribution in [0.25, 0.3) is 0 Å². The minimum atomic E-state index is -0.224. The molecule has 0 atom stereocenters. The summed E-state index contributed by atoms with van der Waals surface area (Å²) in [6.45, 7) is 4.24. The van der Waals surface area contributed by atoms with E-state index in [2.05, 4.69) is 37.6 Å². The Morgan fingerprint density at radius 3 is 2.14 bits per heavy atom. The summed E-state index contributed by atoms with van der Waals surface area (Å²) in [7, 11) is 0. The monoisotopic (exact) mass is 387 g/mol. The van der Waals surface area contributed by atoms with Crippen LogP contribution >= 0.6 is 0 Å². The van der Waals surface area contributed by atoms with Gasteiger partial charge in [-0.05, 0) is 62.6 Å². The third kappa shape index (κ3) is 4.90. The molecule has 2 heterocycles. The van der Waals surface area contributed by atoms with Crippen molar-refractivity contribution >= 4 is 28.9 Å². The number of carbonyl (C=O) groups excluding carboxylic acids is 1. The summed E-state index contributed by atoms with van der Waals surface area (Å²) in [6, 6.07) is 16.0. The van der Waals surface area contributed by atoms with Crippen molar-refractivity contribution in [3.8, 4) is 0 Å². The second-order valence-corrected chi connectivity index (χ2v) is 7.34. The average Bonchev–Trinajstić information content (AvgIpc) is 2.77. The second-order valence-electron chi connectivity index (χ2n) is 7.34. The number of hydrogen-bond donors (Lipinski definition) is 2. The molecule has 1 amide bonds. The number of aryl methyl sites for hydroxylation is 1. The Kier molecular flexibility index (Phi) is 5.70. The minimum absolute atomic E-state index is 0.224. The van der Waals surface area contributed by atoms with E-state index in [1.54, 1.807) is 0 Å². The lowest BCUT2D eigenvalue weighted by molar-refractivity contribution is 0.102. The Morgan fingerprint density at radius 1 is 0.862 bits per heavy atom. The van der Waals surface area contributed by atoms with Gasteiger partial charge in [0.05, 0.1) is 5.56 Å². The summed E-state index contributed by atoms with van der Waals surface area (Å²) in [5.41, 5.74) is 4.48. The zero-order valence-corrected chi connectivity index (χ0v) is 16.6. The Bertz CT molecular complexity index is 946. The molecule has 1 fully saturated rings. The van der Waals surface area contributed by atoms with Gasteiger partial charge in [0.1, 0.15) is 0 Å². The van der Waals surface area contributed by atoms with Crippen molar-refractivity contribution in [1.29, 1.82) is 0 Å². The average molecular weight is 387 g/mol. The van der Waals surface area contributed by atoms with Crippen LogP contribution in [0.2, 0.25) is 0 Å². The molecule has 0 spiro atoms. The molecule has 0 radical (unpaired) electrons. The van der Waals surface area contributed by atoms with Gasteiger partial charge >= 0.3 is 0 Å². The van der Waals surface area contributed by atoms with E-state index in [1.165, 1.54) is 42.9 Å². The number of carbonyl (C=O) groups is 1. The smallest absolute Gasteiger partial charge is 0.258 e. The standard InChI is InChI=1S/C23H25N5O/c1-17-5-7-20(8-6-17)27-23-24-15-18(16-25-23)22(29)26-19-9-11-21(12-10-19)28-13-3-2-4-14-28/h5-12,15-16H,2-4,13-14H2,1H3,(H,26,29)(H,24,25,27). The quantitative estimate of drug-likeness (QED) is 0.660. The van der Waals surface area contributed by atoms with Crippen LogP contribution in [0.5, 0.6) is 0 Å². The van der Waals surface area contributed by atoms with Gasteiger partial charge in [-0.25, -0.2) is 9.97 Å². The zero-order chi connectivity index (χ0) is 20.1. The molecule has 6 heteroatoms. The lowest BCUT2D eigenvalue weighted by Gasteiger charge is -2.28. The number of piperidine rings is 1. The third-order valence-electron chi connectivity index (χ3n) is 5.07. The summed E-state index contributed by atoms with van der Waals surface area (Å²) in [4.78, 5) is 23.4. The van der Waals surface area contributed by atoms with E-state index in [4.69, 9.17) is 0 Å². The van der Waals surface area contributed by atoms with Gasteiger partial charge in [-0.1, -0.05) is 17.7 Å². The van der Waals surface area contributed by atoms with Crippen LogP contribution < -0.4 is 15.5 Å². The number of rotatable bonds is 5. The van der Waals surface area contributed by atoms with Crippen molar-refractivity contribution in [3.63, 3.8) is 0 Å². The molecule has 0 bridgehead atoms. The van der Waals surface area contributed by atoms with Crippen molar-refractivity contribution in [2.24, 2.45) is 0 Å². The number of nitrogens with one attached hydrogen (secondary N) is 2. The molecular weight excluding hydrogens is 362 g/mol. The number of nitrogens with zero attached hydrogens (tertiary/aromatic N) is 3. The Labute approximate surface area is 171 Å². The van der Waals surface area contributed by atoms with Crippen LogP contribution in [0.15, 0.2) is 60.9 Å². The van der Waals surface area contributed by atoms with Crippen molar-refractivity contribution < 1.29 is 4.79 Å². The largest absolute Gasteiger partial charge is 0.372 e. The maximum atomic E-state index is 12.5. The predicted octanol–water partition coefficient (Wildman–Crippen LogP) is 4.77. The highest BCUT2D eigenvalue weighted by atomic mass is 16.1. The highest BCUT2D eigenvalue weighted by Crippen LogP contribution is 2.22. The van der Waals surface area contributed by atoms with Crippen LogP contribution in [0.4, 0.5) is 23.0 Å². The first-order valence-corrected chi connectivity index (χ1v) is 9.99. The molecule has 29 heavy (non-hydrogen) atoms. The normalized spacial score (nSPS) is 13.8. The Morgan fingerprint density at radius 2 is 1.48 bits per heavy atom. The highest BCUT2D eigenvalue weighted by Gasteiger charge is 2.12. The van der Waals surface area contributed by atoms with Gasteiger partial charge in [0, 0.05) is 42.5 Å². The molecule has 1 saturated heterocycles. The molecule has 1 aromatic heterocycles. The lowest BCUT2D eigenvalue weighted by atomic mass is 10.1. The Hall–Kier alpha value is -3.41. The minimum Gasteiger partial charge on any atom is -0.372 e. The van der Waals surface area contributed by atoms with Gasteiger partial charge in [-0.2, -0.15) is 0 Å². The van der Waals surface area contributed by atoms with Gasteiger partial charge in [0.2, 0.25) is 5.95 Å². The maximum Gasteiger partial charge on any atom is 0.258 e. The topological polar surface area (TPSA) is 70.2 Å². The summed E-state index contributed by atoms with van der Waals surface area (Å²) in [6.07, 6.45) is 6.86. The van der Waals surface area contributed by atoms with Crippen molar-refractivity contribution in [3.05, 3.63) is 72.1 Å². The Balaban J connectivity index is 1.36. The van der Waals surface area contributed by atoms with Gasteiger partial charge in [0.25, 0.3) is 5.91 Å². The molecule has 0 aliphatic carbocycles. The number of benzene rings is 2. The predicted molar refractivity (Wildman–Crippen MR) is 117 cm³/mol. The molecule has 2 N–H and O–H groups in total. The molecule has 148 valence electrons. The van der Waals surface area contributed by atoms with Gasteiger partial charge in [-0.15, -0.1) is 0 Å². The van der Waals surface area contributed by atoms with Gasteiger partial charge in [0.15, 0.2) is 0 Å². The van der Waals surface area contributed by atoms with E-state index in [1.807, 2.05) is 43.3 Å². The van der Waals surface area contributed by atoms with Crippen molar-refractivity contribution in [2.45, 2.75) is 26.2 Å². The number of aromatic nitrogens is 2. The van der Waals surface area contributed by atoms with E-state index in [0.717, 1.165) is 24.5 Å². The molecule has 2 aromatic carbocycles. The van der Waals surface area contributed by atoms with Crippen LogP contribution in [-0.4, -0.2) is 29.0 Å². The number of anilines is 4. The summed E-state index contributed by atoms with van der Waals surface area (Å²) in [5.74, 6) is 0.230. The summed E-state index contributed by atoms with van der Waals surface area (Å²) < 4.78 is 0. The second kappa shape index (κ2) is 8.73. The first-order chi connectivity index (χ1) is 14.2. The zero-order valence-electron chi connectivity index (χ0n) is 16.6. The fourth-order valence-corrected chi connectivity index (χ4v) is 3.39. The molecule has 0 unspecified atom stereocenters. The van der Waals surface area contributed by atoms with E-state index in [-0.39, 0.29) is 5.91 Å². The van der Waals surface area contributed by atoms with Crippen LogP contribution in [0, 0.1) is 6.92 Å². The lowest BCUT2D eigenvalue weighted by Crippen LogP contribution is -2.29. The fourth-order valence-electron chi connectivity index (χ4n) is 3.39. The fraction of sp³-hybridized carbons (Fsp3) is 0.261. The van der Waals surface area contributed by atoms with Crippen LogP contribution in [0.1, 0.15) is 35.2 Å². The van der Waals surface area contributed by atoms with Gasteiger partial charge in [-0.3, -0.25) is 4.79 Å². The van der Waals surface area contributed by atoms with E-state index < -0.39 is 0 Å². The van der Waals surface area contributed by atoms with E-state index >= 15 is 0 Å². The van der Waals surface area contributed by atoms with Gasteiger partial charge < -0.3 is 15.5 Å².